The predicted molar refractivity (Wildman–Crippen MR) is 93.2 cm³/mol. The highest BCUT2D eigenvalue weighted by Crippen LogP contribution is 2.23. The smallest absolute Gasteiger partial charge is 0.340 e. The first-order valence-electron chi connectivity index (χ1n) is 6.95. The number of anilines is 1. The van der Waals surface area contributed by atoms with Crippen molar-refractivity contribution in [1.29, 1.82) is 0 Å². The number of hydrogen-bond acceptors (Lipinski definition) is 5. The monoisotopic (exact) mass is 382 g/mol. The van der Waals surface area contributed by atoms with Crippen molar-refractivity contribution in [3.05, 3.63) is 67.7 Å². The van der Waals surface area contributed by atoms with Crippen molar-refractivity contribution in [3.8, 4) is 0 Å². The minimum Gasteiger partial charge on any atom is -0.452 e. The third kappa shape index (κ3) is 4.91. The highest BCUT2D eigenvalue weighted by Gasteiger charge is 2.17. The number of nitro groups is 1. The molecule has 0 atom stereocenters. The van der Waals surface area contributed by atoms with Crippen molar-refractivity contribution in [2.75, 3.05) is 11.9 Å². The standard InChI is InChI=1S/C16H12Cl2N2O5/c1-9-6-10(17)2-5-14(9)19-15(21)8-25-16(22)12-4-3-11(20(23)24)7-13(12)18/h2-7H,8H2,1H3,(H,19,21). The lowest BCUT2D eigenvalue weighted by atomic mass is 10.2. The van der Waals surface area contributed by atoms with Gasteiger partial charge in [-0.1, -0.05) is 23.2 Å². The number of nitrogens with one attached hydrogen (secondary N) is 1. The van der Waals surface area contributed by atoms with E-state index in [1.165, 1.54) is 6.07 Å². The molecule has 0 heterocycles. The van der Waals surface area contributed by atoms with E-state index in [-0.39, 0.29) is 16.3 Å². The summed E-state index contributed by atoms with van der Waals surface area (Å²) in [6, 6.07) is 8.26. The third-order valence-corrected chi connectivity index (χ3v) is 3.73. The number of hydrogen-bond donors (Lipinski definition) is 1. The first kappa shape index (κ1) is 18.7. The van der Waals surface area contributed by atoms with Crippen molar-refractivity contribution in [3.63, 3.8) is 0 Å². The maximum Gasteiger partial charge on any atom is 0.340 e. The molecule has 0 saturated carbocycles. The van der Waals surface area contributed by atoms with Crippen molar-refractivity contribution in [1.82, 2.24) is 0 Å². The van der Waals surface area contributed by atoms with Crippen LogP contribution >= 0.6 is 23.2 Å². The Morgan fingerprint density at radius 3 is 2.52 bits per heavy atom. The minimum atomic E-state index is -0.858. The molecule has 0 radical (unpaired) electrons. The zero-order chi connectivity index (χ0) is 18.6. The number of non-ortho nitro benzene ring substituents is 1. The molecule has 2 aromatic rings. The molecular weight excluding hydrogens is 371 g/mol. The Bertz CT molecular complexity index is 854. The molecule has 130 valence electrons. The maximum atomic E-state index is 11.9. The van der Waals surface area contributed by atoms with Crippen LogP contribution in [0.4, 0.5) is 11.4 Å². The molecule has 0 spiro atoms. The highest BCUT2D eigenvalue weighted by atomic mass is 35.5. The molecule has 7 nitrogen and oxygen atoms in total. The molecule has 0 bridgehead atoms. The second-order valence-corrected chi connectivity index (χ2v) is 5.85. The minimum absolute atomic E-state index is 0.0669. The van der Waals surface area contributed by atoms with Gasteiger partial charge in [0.2, 0.25) is 0 Å². The Morgan fingerprint density at radius 1 is 1.20 bits per heavy atom. The number of aryl methyl sites for hydroxylation is 1. The van der Waals surface area contributed by atoms with E-state index in [2.05, 4.69) is 5.32 Å². The van der Waals surface area contributed by atoms with Crippen molar-refractivity contribution in [2.45, 2.75) is 6.92 Å². The van der Waals surface area contributed by atoms with E-state index in [0.29, 0.717) is 10.7 Å². The van der Waals surface area contributed by atoms with Gasteiger partial charge in [-0.2, -0.15) is 0 Å². The van der Waals surface area contributed by atoms with Gasteiger partial charge in [-0.3, -0.25) is 14.9 Å². The summed E-state index contributed by atoms with van der Waals surface area (Å²) >= 11 is 11.7. The Hall–Kier alpha value is -2.64. The summed E-state index contributed by atoms with van der Waals surface area (Å²) in [4.78, 5) is 33.8. The summed E-state index contributed by atoms with van der Waals surface area (Å²) in [5.74, 6) is -1.40. The first-order valence-corrected chi connectivity index (χ1v) is 7.70. The molecule has 0 aliphatic heterocycles. The van der Waals surface area contributed by atoms with Crippen molar-refractivity contribution < 1.29 is 19.2 Å². The largest absolute Gasteiger partial charge is 0.452 e. The van der Waals surface area contributed by atoms with Gasteiger partial charge < -0.3 is 10.1 Å². The van der Waals surface area contributed by atoms with Gasteiger partial charge in [0.25, 0.3) is 11.6 Å². The molecule has 0 saturated heterocycles. The number of amides is 1. The molecular formula is C16H12Cl2N2O5. The van der Waals surface area contributed by atoms with Gasteiger partial charge in [0.05, 0.1) is 15.5 Å². The molecule has 0 aromatic heterocycles. The van der Waals surface area contributed by atoms with Gasteiger partial charge in [-0.15, -0.1) is 0 Å². The molecule has 25 heavy (non-hydrogen) atoms. The lowest BCUT2D eigenvalue weighted by Gasteiger charge is -2.09. The number of nitrogens with zero attached hydrogens (tertiary/aromatic N) is 1. The Kier molecular flexibility index (Phi) is 5.95. The Balaban J connectivity index is 1.97. The van der Waals surface area contributed by atoms with E-state index in [0.717, 1.165) is 17.7 Å². The van der Waals surface area contributed by atoms with Gasteiger partial charge >= 0.3 is 5.97 Å². The summed E-state index contributed by atoms with van der Waals surface area (Å²) in [6.45, 7) is 1.23. The molecule has 0 fully saturated rings. The van der Waals surface area contributed by atoms with E-state index in [9.17, 15) is 19.7 Å². The summed E-state index contributed by atoms with van der Waals surface area (Å²) in [6.07, 6.45) is 0. The molecule has 1 amide bonds. The molecule has 1 N–H and O–H groups in total. The number of nitro benzene ring substituents is 1. The molecule has 0 unspecified atom stereocenters. The summed E-state index contributed by atoms with van der Waals surface area (Å²) in [5, 5.41) is 13.6. The zero-order valence-electron chi connectivity index (χ0n) is 12.9. The quantitative estimate of drug-likeness (QED) is 0.478. The van der Waals surface area contributed by atoms with Crippen LogP contribution in [0.2, 0.25) is 10.0 Å². The van der Waals surface area contributed by atoms with Crippen LogP contribution in [0.1, 0.15) is 15.9 Å². The second kappa shape index (κ2) is 7.96. The number of ether oxygens (including phenoxy) is 1. The topological polar surface area (TPSA) is 98.5 Å². The summed E-state index contributed by atoms with van der Waals surface area (Å²) < 4.78 is 4.88. The van der Waals surface area contributed by atoms with Crippen molar-refractivity contribution >= 4 is 46.5 Å². The molecule has 9 heteroatoms. The first-order chi connectivity index (χ1) is 11.8. The van der Waals surface area contributed by atoms with E-state index in [1.54, 1.807) is 25.1 Å². The number of esters is 1. The lowest BCUT2D eigenvalue weighted by molar-refractivity contribution is -0.384. The SMILES string of the molecule is Cc1cc(Cl)ccc1NC(=O)COC(=O)c1ccc([N+](=O)[O-])cc1Cl. The predicted octanol–water partition coefficient (Wildman–Crippen LogP) is 4.01. The normalized spacial score (nSPS) is 10.2. The van der Waals surface area contributed by atoms with Gasteiger partial charge in [0, 0.05) is 22.8 Å². The lowest BCUT2D eigenvalue weighted by Crippen LogP contribution is -2.21. The van der Waals surface area contributed by atoms with E-state index < -0.39 is 23.4 Å². The Morgan fingerprint density at radius 2 is 1.92 bits per heavy atom. The van der Waals surface area contributed by atoms with E-state index in [1.807, 2.05) is 0 Å². The van der Waals surface area contributed by atoms with E-state index >= 15 is 0 Å². The fourth-order valence-electron chi connectivity index (χ4n) is 1.95. The van der Waals surface area contributed by atoms with Crippen molar-refractivity contribution in [2.24, 2.45) is 0 Å². The van der Waals surface area contributed by atoms with Crippen LogP contribution in [0.25, 0.3) is 0 Å². The van der Waals surface area contributed by atoms with E-state index in [4.69, 9.17) is 27.9 Å². The number of carbonyl (C=O) groups is 2. The van der Waals surface area contributed by atoms with Crippen LogP contribution in [0.5, 0.6) is 0 Å². The fourth-order valence-corrected chi connectivity index (χ4v) is 2.42. The summed E-state index contributed by atoms with van der Waals surface area (Å²) in [7, 11) is 0. The zero-order valence-corrected chi connectivity index (χ0v) is 14.4. The van der Waals surface area contributed by atoms with Crippen LogP contribution in [-0.2, 0) is 9.53 Å². The molecule has 0 aliphatic carbocycles. The maximum absolute atomic E-state index is 11.9. The van der Waals surface area contributed by atoms with Crippen LogP contribution in [0.3, 0.4) is 0 Å². The van der Waals surface area contributed by atoms with Gasteiger partial charge in [0.15, 0.2) is 6.61 Å². The van der Waals surface area contributed by atoms with Crippen LogP contribution in [0.15, 0.2) is 36.4 Å². The fraction of sp³-hybridized carbons (Fsp3) is 0.125. The van der Waals surface area contributed by atoms with Crippen LogP contribution in [0, 0.1) is 17.0 Å². The van der Waals surface area contributed by atoms with Crippen LogP contribution < -0.4 is 5.32 Å². The average molecular weight is 383 g/mol. The third-order valence-electron chi connectivity index (χ3n) is 3.18. The highest BCUT2D eigenvalue weighted by molar-refractivity contribution is 6.33. The number of carbonyl (C=O) groups excluding carboxylic acids is 2. The number of rotatable bonds is 5. The number of halogens is 2. The second-order valence-electron chi connectivity index (χ2n) is 5.00. The van der Waals surface area contributed by atoms with Gasteiger partial charge in [-0.05, 0) is 36.8 Å². The number of benzene rings is 2. The van der Waals surface area contributed by atoms with Gasteiger partial charge in [0.1, 0.15) is 0 Å². The average Bonchev–Trinajstić information content (AvgIpc) is 2.55. The molecule has 2 aromatic carbocycles. The Labute approximate surface area is 152 Å². The molecule has 2 rings (SSSR count). The van der Waals surface area contributed by atoms with Gasteiger partial charge in [-0.25, -0.2) is 4.79 Å². The molecule has 0 aliphatic rings. The van der Waals surface area contributed by atoms with Crippen LogP contribution in [-0.4, -0.2) is 23.4 Å². The summed E-state index contributed by atoms with van der Waals surface area (Å²) in [5.41, 5.74) is 0.977.